The lowest BCUT2D eigenvalue weighted by Gasteiger charge is -2.24. The van der Waals surface area contributed by atoms with Crippen LogP contribution in [-0.2, 0) is 16.1 Å². The number of carbonyl (C=O) groups excluding carboxylic acids is 1. The minimum Gasteiger partial charge on any atom is -0.461 e. The summed E-state index contributed by atoms with van der Waals surface area (Å²) in [6, 6.07) is 9.76. The summed E-state index contributed by atoms with van der Waals surface area (Å²) in [5.74, 6) is -0.708. The summed E-state index contributed by atoms with van der Waals surface area (Å²) in [4.78, 5) is 24.6. The molecule has 5 heteroatoms. The molecule has 5 nitrogen and oxygen atoms in total. The van der Waals surface area contributed by atoms with E-state index >= 15 is 0 Å². The Hall–Kier alpha value is -2.69. The molecule has 0 N–H and O–H groups in total. The quantitative estimate of drug-likeness (QED) is 0.473. The highest BCUT2D eigenvalue weighted by Gasteiger charge is 2.21. The lowest BCUT2D eigenvalue weighted by molar-refractivity contribution is -0.138. The number of nitroso groups, excluding NO2 is 1. The molecule has 1 heterocycles. The maximum absolute atomic E-state index is 11.8. The Bertz CT molecular complexity index is 603. The molecule has 108 valence electrons. The second kappa shape index (κ2) is 7.19. The van der Waals surface area contributed by atoms with Gasteiger partial charge in [-0.15, -0.1) is 4.91 Å². The molecule has 1 aromatic carbocycles. The molecular formula is C16H16N2O3. The molecule has 0 aliphatic carbocycles. The Labute approximate surface area is 123 Å². The molecule has 0 saturated carbocycles. The highest BCUT2D eigenvalue weighted by atomic mass is 16.5. The Morgan fingerprint density at radius 2 is 2.00 bits per heavy atom. The van der Waals surface area contributed by atoms with Crippen molar-refractivity contribution in [1.29, 1.82) is 0 Å². The topological polar surface area (TPSA) is 59.0 Å². The molecule has 0 bridgehead atoms. The van der Waals surface area contributed by atoms with Gasteiger partial charge in [0, 0.05) is 12.7 Å². The number of benzene rings is 1. The van der Waals surface area contributed by atoms with E-state index in [0.717, 1.165) is 5.56 Å². The fourth-order valence-electron chi connectivity index (χ4n) is 2.00. The van der Waals surface area contributed by atoms with Crippen LogP contribution in [0.1, 0.15) is 12.5 Å². The van der Waals surface area contributed by atoms with Gasteiger partial charge in [-0.25, -0.2) is 4.79 Å². The van der Waals surface area contributed by atoms with Crippen molar-refractivity contribution in [3.8, 4) is 0 Å². The number of nitrogens with zero attached hydrogens (tertiary/aromatic N) is 2. The molecular weight excluding hydrogens is 268 g/mol. The number of rotatable bonds is 5. The van der Waals surface area contributed by atoms with Gasteiger partial charge in [-0.3, -0.25) is 0 Å². The van der Waals surface area contributed by atoms with Crippen molar-refractivity contribution in [2.75, 3.05) is 6.61 Å². The van der Waals surface area contributed by atoms with Crippen molar-refractivity contribution in [3.63, 3.8) is 0 Å². The van der Waals surface area contributed by atoms with E-state index in [-0.39, 0.29) is 12.3 Å². The number of carbonyl (C=O) groups is 1. The van der Waals surface area contributed by atoms with E-state index in [9.17, 15) is 9.70 Å². The first-order chi connectivity index (χ1) is 10.3. The van der Waals surface area contributed by atoms with Crippen LogP contribution in [0, 0.1) is 4.91 Å². The third-order valence-corrected chi connectivity index (χ3v) is 2.94. The Balaban J connectivity index is 2.30. The molecule has 0 unspecified atom stereocenters. The first-order valence-electron chi connectivity index (χ1n) is 6.66. The molecule has 0 atom stereocenters. The number of allylic oxidation sites excluding steroid dienone is 3. The van der Waals surface area contributed by atoms with Gasteiger partial charge in [-0.05, 0) is 29.8 Å². The van der Waals surface area contributed by atoms with Gasteiger partial charge in [0.1, 0.15) is 0 Å². The highest BCUT2D eigenvalue weighted by Crippen LogP contribution is 2.21. The average Bonchev–Trinajstić information content (AvgIpc) is 2.51. The number of ether oxygens (including phenoxy) is 1. The van der Waals surface area contributed by atoms with E-state index in [1.807, 2.05) is 36.4 Å². The van der Waals surface area contributed by atoms with Crippen molar-refractivity contribution in [2.45, 2.75) is 13.5 Å². The fraction of sp³-hybridized carbons (Fsp3) is 0.188. The van der Waals surface area contributed by atoms with E-state index in [2.05, 4.69) is 5.18 Å². The van der Waals surface area contributed by atoms with Crippen LogP contribution in [0.15, 0.2) is 71.3 Å². The van der Waals surface area contributed by atoms with E-state index in [0.29, 0.717) is 12.2 Å². The fourth-order valence-corrected chi connectivity index (χ4v) is 2.00. The summed E-state index contributed by atoms with van der Waals surface area (Å²) in [6.07, 6.45) is 7.06. The zero-order chi connectivity index (χ0) is 15.1. The minimum absolute atomic E-state index is 0.198. The summed E-state index contributed by atoms with van der Waals surface area (Å²) in [5, 5.41) is 2.85. The van der Waals surface area contributed by atoms with Gasteiger partial charge < -0.3 is 9.64 Å². The van der Waals surface area contributed by atoms with Crippen molar-refractivity contribution < 1.29 is 9.53 Å². The Kier molecular flexibility index (Phi) is 5.04. The first kappa shape index (κ1) is 14.7. The van der Waals surface area contributed by atoms with Gasteiger partial charge in [0.2, 0.25) is 5.70 Å². The molecule has 1 aromatic rings. The Morgan fingerprint density at radius 1 is 1.24 bits per heavy atom. The van der Waals surface area contributed by atoms with Crippen LogP contribution < -0.4 is 0 Å². The molecule has 0 saturated heterocycles. The second-order valence-electron chi connectivity index (χ2n) is 4.36. The molecule has 0 spiro atoms. The van der Waals surface area contributed by atoms with Crippen LogP contribution in [0.25, 0.3) is 0 Å². The summed E-state index contributed by atoms with van der Waals surface area (Å²) < 4.78 is 4.87. The van der Waals surface area contributed by atoms with Gasteiger partial charge in [0.15, 0.2) is 0 Å². The maximum Gasteiger partial charge on any atom is 0.362 e. The summed E-state index contributed by atoms with van der Waals surface area (Å²) >= 11 is 0. The van der Waals surface area contributed by atoms with Crippen molar-refractivity contribution >= 4 is 5.97 Å². The van der Waals surface area contributed by atoms with Gasteiger partial charge in [0.05, 0.1) is 12.3 Å². The van der Waals surface area contributed by atoms with Crippen molar-refractivity contribution in [1.82, 2.24) is 4.90 Å². The first-order valence-corrected chi connectivity index (χ1v) is 6.66. The third kappa shape index (κ3) is 3.66. The maximum atomic E-state index is 11.8. The lowest BCUT2D eigenvalue weighted by atomic mass is 10.1. The smallest absolute Gasteiger partial charge is 0.362 e. The standard InChI is InChI=1S/C16H16N2O3/c1-2-21-16(19)15(17-20)14-10-6-7-11-18(14)12-13-8-4-3-5-9-13/h3-11H,2,12H2,1H3. The van der Waals surface area contributed by atoms with E-state index in [4.69, 9.17) is 4.74 Å². The third-order valence-electron chi connectivity index (χ3n) is 2.94. The molecule has 0 fully saturated rings. The predicted molar refractivity (Wildman–Crippen MR) is 79.7 cm³/mol. The van der Waals surface area contributed by atoms with Crippen molar-refractivity contribution in [3.05, 3.63) is 76.6 Å². The molecule has 1 aliphatic rings. The molecule has 2 rings (SSSR count). The lowest BCUT2D eigenvalue weighted by Crippen LogP contribution is -2.21. The van der Waals surface area contributed by atoms with Crippen LogP contribution in [0.3, 0.4) is 0 Å². The van der Waals surface area contributed by atoms with Crippen LogP contribution in [0.4, 0.5) is 0 Å². The number of hydrogen-bond acceptors (Lipinski definition) is 5. The zero-order valence-electron chi connectivity index (χ0n) is 11.7. The van der Waals surface area contributed by atoms with Crippen LogP contribution in [0.5, 0.6) is 0 Å². The number of esters is 1. The van der Waals surface area contributed by atoms with Crippen LogP contribution >= 0.6 is 0 Å². The average molecular weight is 284 g/mol. The summed E-state index contributed by atoms with van der Waals surface area (Å²) in [7, 11) is 0. The molecule has 1 aliphatic heterocycles. The van der Waals surface area contributed by atoms with Gasteiger partial charge in [-0.1, -0.05) is 36.4 Å². The molecule has 0 amide bonds. The van der Waals surface area contributed by atoms with Crippen molar-refractivity contribution in [2.24, 2.45) is 5.18 Å². The minimum atomic E-state index is -0.708. The van der Waals surface area contributed by atoms with Gasteiger partial charge >= 0.3 is 5.97 Å². The highest BCUT2D eigenvalue weighted by molar-refractivity contribution is 5.89. The van der Waals surface area contributed by atoms with Gasteiger partial charge in [0.25, 0.3) is 0 Å². The normalized spacial score (nSPS) is 15.8. The summed E-state index contributed by atoms with van der Waals surface area (Å²) in [6.45, 7) is 2.42. The SMILES string of the molecule is CCOC(=O)C(N=O)=C1C=CC=CN1Cc1ccccc1. The largest absolute Gasteiger partial charge is 0.461 e. The molecule has 0 aromatic heterocycles. The number of hydrogen-bond donors (Lipinski definition) is 0. The van der Waals surface area contributed by atoms with Gasteiger partial charge in [-0.2, -0.15) is 0 Å². The predicted octanol–water partition coefficient (Wildman–Crippen LogP) is 3.11. The van der Waals surface area contributed by atoms with E-state index < -0.39 is 5.97 Å². The van der Waals surface area contributed by atoms with Crippen LogP contribution in [0.2, 0.25) is 0 Å². The zero-order valence-corrected chi connectivity index (χ0v) is 11.7. The van der Waals surface area contributed by atoms with Crippen LogP contribution in [-0.4, -0.2) is 17.5 Å². The van der Waals surface area contributed by atoms with E-state index in [1.165, 1.54) is 0 Å². The Morgan fingerprint density at radius 3 is 2.67 bits per heavy atom. The second-order valence-corrected chi connectivity index (χ2v) is 4.36. The summed E-state index contributed by atoms with van der Waals surface area (Å²) in [5.41, 5.74) is 1.28. The molecule has 0 radical (unpaired) electrons. The van der Waals surface area contributed by atoms with E-state index in [1.54, 1.807) is 30.2 Å². The monoisotopic (exact) mass is 284 g/mol. The molecule has 21 heavy (non-hydrogen) atoms.